The smallest absolute Gasteiger partial charge is 0.254 e. The third kappa shape index (κ3) is 9.80. The average Bonchev–Trinajstić information content (AvgIpc) is 3.14. The second-order valence-corrected chi connectivity index (χ2v) is 13.2. The Morgan fingerprint density at radius 3 is 2.17 bits per heavy atom. The fourth-order valence-corrected chi connectivity index (χ4v) is 6.79. The van der Waals surface area contributed by atoms with E-state index in [0.717, 1.165) is 56.1 Å². The number of carbonyl (C=O) groups is 1. The molecule has 0 unspecified atom stereocenters. The first kappa shape index (κ1) is 33.5. The van der Waals surface area contributed by atoms with Gasteiger partial charge in [-0.15, -0.1) is 0 Å². The molecule has 1 aliphatic heterocycles. The van der Waals surface area contributed by atoms with Crippen LogP contribution in [0.3, 0.4) is 0 Å². The number of aromatic nitrogens is 2. The van der Waals surface area contributed by atoms with Gasteiger partial charge in [-0.1, -0.05) is 139 Å². The third-order valence-electron chi connectivity index (χ3n) is 8.39. The predicted molar refractivity (Wildman–Crippen MR) is 199 cm³/mol. The van der Waals surface area contributed by atoms with Gasteiger partial charge in [0, 0.05) is 63.2 Å². The predicted octanol–water partition coefficient (Wildman–Crippen LogP) is 8.14. The number of hydrogen-bond donors (Lipinski definition) is 0. The molecule has 0 spiro atoms. The molecule has 0 N–H and O–H groups in total. The second-order valence-electron chi connectivity index (χ2n) is 11.9. The lowest BCUT2D eigenvalue weighted by atomic mass is 10.1. The van der Waals surface area contributed by atoms with Crippen molar-refractivity contribution in [1.82, 2.24) is 19.8 Å². The molecule has 1 aromatic heterocycles. The zero-order chi connectivity index (χ0) is 33.0. The van der Waals surface area contributed by atoms with Gasteiger partial charge in [-0.25, -0.2) is 9.97 Å². The summed E-state index contributed by atoms with van der Waals surface area (Å²) in [5.41, 5.74) is 5.27. The fraction of sp³-hybridized carbons (Fsp3) is 0.225. The Labute approximate surface area is 293 Å². The monoisotopic (exact) mass is 673 g/mol. The average molecular weight is 674 g/mol. The SMILES string of the molecule is O=C(c1cccc(CSc2nc(Cl)cc(N3CCN(CC=Cc4ccccc4)CC3)n2)c1)N(CCc1ccccc1)Cc1ccccc1. The molecule has 0 saturated carbocycles. The molecule has 4 aromatic carbocycles. The highest BCUT2D eigenvalue weighted by atomic mass is 35.5. The molecule has 6 nitrogen and oxygen atoms in total. The van der Waals surface area contributed by atoms with Gasteiger partial charge in [-0.05, 0) is 40.8 Å². The maximum absolute atomic E-state index is 13.9. The van der Waals surface area contributed by atoms with Crippen molar-refractivity contribution >= 4 is 41.2 Å². The third-order valence-corrected chi connectivity index (χ3v) is 9.50. The number of benzene rings is 4. The van der Waals surface area contributed by atoms with E-state index < -0.39 is 0 Å². The van der Waals surface area contributed by atoms with Crippen molar-refractivity contribution in [3.05, 3.63) is 160 Å². The number of carbonyl (C=O) groups excluding carboxylic acids is 1. The summed E-state index contributed by atoms with van der Waals surface area (Å²) in [5, 5.41) is 1.07. The minimum absolute atomic E-state index is 0.0256. The summed E-state index contributed by atoms with van der Waals surface area (Å²) in [6.45, 7) is 5.78. The van der Waals surface area contributed by atoms with Crippen LogP contribution in [0.1, 0.15) is 32.6 Å². The van der Waals surface area contributed by atoms with Gasteiger partial charge in [0.2, 0.25) is 0 Å². The first-order chi connectivity index (χ1) is 23.6. The molecule has 1 amide bonds. The van der Waals surface area contributed by atoms with Gasteiger partial charge in [0.25, 0.3) is 5.91 Å². The van der Waals surface area contributed by atoms with Crippen LogP contribution >= 0.6 is 23.4 Å². The number of halogens is 1. The minimum atomic E-state index is 0.0256. The van der Waals surface area contributed by atoms with Crippen LogP contribution < -0.4 is 4.90 Å². The number of nitrogens with zero attached hydrogens (tertiary/aromatic N) is 5. The fourth-order valence-electron chi connectivity index (χ4n) is 5.76. The summed E-state index contributed by atoms with van der Waals surface area (Å²) in [6.07, 6.45) is 5.21. The van der Waals surface area contributed by atoms with E-state index in [4.69, 9.17) is 16.6 Å². The van der Waals surface area contributed by atoms with Crippen LogP contribution in [0.5, 0.6) is 0 Å². The van der Waals surface area contributed by atoms with Gasteiger partial charge >= 0.3 is 0 Å². The van der Waals surface area contributed by atoms with Crippen LogP contribution in [0.4, 0.5) is 5.82 Å². The second kappa shape index (κ2) is 17.1. The molecule has 0 atom stereocenters. The molecule has 2 heterocycles. The number of thioether (sulfide) groups is 1. The number of piperazine rings is 1. The summed E-state index contributed by atoms with van der Waals surface area (Å²) in [7, 11) is 0. The van der Waals surface area contributed by atoms with Crippen LogP contribution in [0, 0.1) is 0 Å². The number of anilines is 1. The standard InChI is InChI=1S/C40H40ClN5OS/c41-37-29-38(45-26-24-44(25-27-45)22-11-19-32-12-4-1-5-13-32)43-40(42-37)48-31-35-18-10-20-36(28-35)39(47)46(30-34-16-8-3-9-17-34)23-21-33-14-6-2-7-15-33/h1-20,28-29H,21-27,30-31H2. The number of hydrogen-bond acceptors (Lipinski definition) is 6. The van der Waals surface area contributed by atoms with Gasteiger partial charge in [0.15, 0.2) is 5.16 Å². The van der Waals surface area contributed by atoms with Crippen molar-refractivity contribution in [3.63, 3.8) is 0 Å². The van der Waals surface area contributed by atoms with Crippen molar-refractivity contribution in [2.45, 2.75) is 23.9 Å². The molecule has 5 aromatic rings. The van der Waals surface area contributed by atoms with Crippen molar-refractivity contribution in [3.8, 4) is 0 Å². The normalized spacial score (nSPS) is 13.6. The maximum Gasteiger partial charge on any atom is 0.254 e. The topological polar surface area (TPSA) is 52.6 Å². The minimum Gasteiger partial charge on any atom is -0.354 e. The molecular weight excluding hydrogens is 634 g/mol. The Balaban J connectivity index is 1.06. The molecule has 244 valence electrons. The molecular formula is C40H40ClN5OS. The lowest BCUT2D eigenvalue weighted by molar-refractivity contribution is 0.0745. The Bertz CT molecular complexity index is 1780. The zero-order valence-electron chi connectivity index (χ0n) is 27.0. The van der Waals surface area contributed by atoms with Crippen LogP contribution in [0.25, 0.3) is 6.08 Å². The summed E-state index contributed by atoms with van der Waals surface area (Å²) in [6, 6.07) is 40.6. The van der Waals surface area contributed by atoms with E-state index in [0.29, 0.717) is 34.7 Å². The highest BCUT2D eigenvalue weighted by Crippen LogP contribution is 2.26. The molecule has 6 rings (SSSR count). The van der Waals surface area contributed by atoms with Gasteiger partial charge in [0.1, 0.15) is 11.0 Å². The quantitative estimate of drug-likeness (QED) is 0.0715. The highest BCUT2D eigenvalue weighted by molar-refractivity contribution is 7.98. The van der Waals surface area contributed by atoms with Crippen molar-refractivity contribution in [1.29, 1.82) is 0 Å². The van der Waals surface area contributed by atoms with Crippen LogP contribution in [0.15, 0.2) is 133 Å². The lowest BCUT2D eigenvalue weighted by Gasteiger charge is -2.35. The van der Waals surface area contributed by atoms with E-state index in [1.807, 2.05) is 77.7 Å². The molecule has 0 radical (unpaired) electrons. The number of amides is 1. The first-order valence-corrected chi connectivity index (χ1v) is 17.8. The first-order valence-electron chi connectivity index (χ1n) is 16.4. The molecule has 0 bridgehead atoms. The van der Waals surface area contributed by atoms with Crippen molar-refractivity contribution in [2.75, 3.05) is 44.2 Å². The van der Waals surface area contributed by atoms with Gasteiger partial charge in [0.05, 0.1) is 0 Å². The van der Waals surface area contributed by atoms with Crippen LogP contribution in [-0.2, 0) is 18.7 Å². The van der Waals surface area contributed by atoms with Crippen molar-refractivity contribution in [2.24, 2.45) is 0 Å². The summed E-state index contributed by atoms with van der Waals surface area (Å²) >= 11 is 8.02. The van der Waals surface area contributed by atoms with E-state index in [9.17, 15) is 4.79 Å². The Kier molecular flexibility index (Phi) is 11.9. The van der Waals surface area contributed by atoms with Gasteiger partial charge in [-0.2, -0.15) is 0 Å². The molecule has 1 fully saturated rings. The number of rotatable bonds is 13. The van der Waals surface area contributed by atoms with E-state index in [-0.39, 0.29) is 5.91 Å². The highest BCUT2D eigenvalue weighted by Gasteiger charge is 2.20. The van der Waals surface area contributed by atoms with Crippen LogP contribution in [0.2, 0.25) is 5.15 Å². The molecule has 1 saturated heterocycles. The van der Waals surface area contributed by atoms with E-state index in [1.54, 1.807) is 0 Å². The zero-order valence-corrected chi connectivity index (χ0v) is 28.6. The van der Waals surface area contributed by atoms with Crippen LogP contribution in [-0.4, -0.2) is 64.9 Å². The van der Waals surface area contributed by atoms with E-state index in [2.05, 4.69) is 75.5 Å². The Hall–Kier alpha value is -4.43. The molecule has 1 aliphatic rings. The Morgan fingerprint density at radius 1 is 0.771 bits per heavy atom. The summed E-state index contributed by atoms with van der Waals surface area (Å²) in [5.74, 6) is 1.51. The van der Waals surface area contributed by atoms with Gasteiger partial charge < -0.3 is 9.80 Å². The molecule has 0 aliphatic carbocycles. The van der Waals surface area contributed by atoms with Crippen molar-refractivity contribution < 1.29 is 4.79 Å². The maximum atomic E-state index is 13.9. The van der Waals surface area contributed by atoms with E-state index >= 15 is 0 Å². The molecule has 48 heavy (non-hydrogen) atoms. The largest absolute Gasteiger partial charge is 0.354 e. The summed E-state index contributed by atoms with van der Waals surface area (Å²) in [4.78, 5) is 29.9. The van der Waals surface area contributed by atoms with E-state index in [1.165, 1.54) is 22.9 Å². The van der Waals surface area contributed by atoms with Gasteiger partial charge in [-0.3, -0.25) is 9.69 Å². The molecule has 8 heteroatoms. The lowest BCUT2D eigenvalue weighted by Crippen LogP contribution is -2.46. The summed E-state index contributed by atoms with van der Waals surface area (Å²) < 4.78 is 0. The Morgan fingerprint density at radius 2 is 1.44 bits per heavy atom.